The molecule has 0 spiro atoms. The lowest BCUT2D eigenvalue weighted by atomic mass is 9.95. The molecule has 0 amide bonds. The highest BCUT2D eigenvalue weighted by molar-refractivity contribution is 9.10. The van der Waals surface area contributed by atoms with Crippen LogP contribution < -0.4 is 0 Å². The molecule has 3 heterocycles. The average Bonchev–Trinajstić information content (AvgIpc) is 3.41. The molecule has 0 aliphatic carbocycles. The minimum Gasteiger partial charge on any atom is -0.227 e. The molecule has 0 atom stereocenters. The third-order valence-corrected chi connectivity index (χ3v) is 8.50. The van der Waals surface area contributed by atoms with E-state index in [1.165, 1.54) is 21.6 Å². The van der Waals surface area contributed by atoms with Crippen molar-refractivity contribution >= 4 is 65.6 Å². The SMILES string of the molecule is Cc1nn(-c2ccccc2)c2nc3c(c(-c4ccccc4Br)c12)CS/C3=C\c1ccccc1Br. The molecular formula is C28H19Br2N3S. The molecule has 2 aromatic heterocycles. The highest BCUT2D eigenvalue weighted by Crippen LogP contribution is 2.49. The van der Waals surface area contributed by atoms with Crippen LogP contribution in [0, 0.1) is 6.92 Å². The van der Waals surface area contributed by atoms with Crippen LogP contribution in [0.2, 0.25) is 0 Å². The molecule has 34 heavy (non-hydrogen) atoms. The van der Waals surface area contributed by atoms with Crippen LogP contribution in [-0.4, -0.2) is 14.8 Å². The van der Waals surface area contributed by atoms with Crippen LogP contribution >= 0.6 is 43.6 Å². The van der Waals surface area contributed by atoms with Gasteiger partial charge in [-0.1, -0.05) is 86.5 Å². The van der Waals surface area contributed by atoms with Gasteiger partial charge in [0, 0.05) is 25.2 Å². The van der Waals surface area contributed by atoms with Gasteiger partial charge < -0.3 is 0 Å². The van der Waals surface area contributed by atoms with Gasteiger partial charge in [0.05, 0.1) is 22.5 Å². The van der Waals surface area contributed by atoms with Crippen molar-refractivity contribution < 1.29 is 0 Å². The fourth-order valence-corrected chi connectivity index (χ4v) is 6.45. The molecule has 1 aliphatic heterocycles. The first-order valence-electron chi connectivity index (χ1n) is 10.9. The van der Waals surface area contributed by atoms with E-state index in [0.29, 0.717) is 0 Å². The molecule has 0 bridgehead atoms. The number of fused-ring (bicyclic) bond motifs is 2. The van der Waals surface area contributed by atoms with Crippen LogP contribution in [0.3, 0.4) is 0 Å². The zero-order valence-corrected chi connectivity index (χ0v) is 22.3. The van der Waals surface area contributed by atoms with Gasteiger partial charge in [0.25, 0.3) is 0 Å². The van der Waals surface area contributed by atoms with Gasteiger partial charge in [0.1, 0.15) is 0 Å². The van der Waals surface area contributed by atoms with Crippen molar-refractivity contribution in [3.05, 3.63) is 110 Å². The molecule has 0 unspecified atom stereocenters. The van der Waals surface area contributed by atoms with Gasteiger partial charge in [0.2, 0.25) is 0 Å². The summed E-state index contributed by atoms with van der Waals surface area (Å²) in [5.41, 5.74) is 8.71. The fraction of sp³-hybridized carbons (Fsp3) is 0.0714. The van der Waals surface area contributed by atoms with Crippen LogP contribution in [0.25, 0.3) is 38.8 Å². The zero-order valence-electron chi connectivity index (χ0n) is 18.3. The number of thioether (sulfide) groups is 1. The average molecular weight is 589 g/mol. The van der Waals surface area contributed by atoms with E-state index >= 15 is 0 Å². The largest absolute Gasteiger partial charge is 0.227 e. The van der Waals surface area contributed by atoms with Gasteiger partial charge in [0.15, 0.2) is 5.65 Å². The molecule has 0 N–H and O–H groups in total. The molecule has 0 saturated carbocycles. The molecule has 3 aromatic carbocycles. The number of aryl methyl sites for hydroxylation is 1. The van der Waals surface area contributed by atoms with E-state index in [-0.39, 0.29) is 0 Å². The van der Waals surface area contributed by atoms with E-state index < -0.39 is 0 Å². The van der Waals surface area contributed by atoms with Crippen molar-refractivity contribution in [1.82, 2.24) is 14.8 Å². The number of benzene rings is 3. The summed E-state index contributed by atoms with van der Waals surface area (Å²) in [7, 11) is 0. The van der Waals surface area contributed by atoms with Crippen molar-refractivity contribution in [3.63, 3.8) is 0 Å². The Morgan fingerprint density at radius 1 is 0.882 bits per heavy atom. The van der Waals surface area contributed by atoms with Gasteiger partial charge in [-0.25, -0.2) is 9.67 Å². The highest BCUT2D eigenvalue weighted by atomic mass is 79.9. The van der Waals surface area contributed by atoms with E-state index in [2.05, 4.69) is 99.5 Å². The van der Waals surface area contributed by atoms with E-state index in [1.807, 2.05) is 40.7 Å². The summed E-state index contributed by atoms with van der Waals surface area (Å²) in [4.78, 5) is 6.43. The minimum absolute atomic E-state index is 0.876. The van der Waals surface area contributed by atoms with Gasteiger partial charge in [-0.15, -0.1) is 11.8 Å². The number of hydrogen-bond donors (Lipinski definition) is 0. The van der Waals surface area contributed by atoms with Crippen molar-refractivity contribution in [3.8, 4) is 16.8 Å². The van der Waals surface area contributed by atoms with Gasteiger partial charge in [-0.3, -0.25) is 0 Å². The maximum Gasteiger partial charge on any atom is 0.164 e. The van der Waals surface area contributed by atoms with Crippen LogP contribution in [0.1, 0.15) is 22.5 Å². The smallest absolute Gasteiger partial charge is 0.164 e. The lowest BCUT2D eigenvalue weighted by Gasteiger charge is -2.13. The van der Waals surface area contributed by atoms with E-state index in [4.69, 9.17) is 10.1 Å². The highest BCUT2D eigenvalue weighted by Gasteiger charge is 2.29. The molecule has 1 aliphatic rings. The molecule has 5 aromatic rings. The Balaban J connectivity index is 1.69. The van der Waals surface area contributed by atoms with Crippen LogP contribution in [-0.2, 0) is 5.75 Å². The zero-order chi connectivity index (χ0) is 23.2. The standard InChI is InChI=1S/C28H19Br2N3S/c1-17-25-26(20-12-6-8-14-23(20)30)21-16-34-24(15-18-9-5-7-13-22(18)29)27(21)31-28(25)33(32-17)19-10-3-2-4-11-19/h2-15H,16H2,1H3/b24-15-. The molecule has 0 saturated heterocycles. The summed E-state index contributed by atoms with van der Waals surface area (Å²) in [5.74, 6) is 0.876. The van der Waals surface area contributed by atoms with Crippen LogP contribution in [0.4, 0.5) is 0 Å². The van der Waals surface area contributed by atoms with E-state index in [9.17, 15) is 0 Å². The van der Waals surface area contributed by atoms with Crippen molar-refractivity contribution in [2.75, 3.05) is 0 Å². The van der Waals surface area contributed by atoms with E-state index in [0.717, 1.165) is 48.4 Å². The second kappa shape index (κ2) is 8.84. The second-order valence-electron chi connectivity index (χ2n) is 8.14. The number of pyridine rings is 1. The lowest BCUT2D eigenvalue weighted by Crippen LogP contribution is -2.00. The molecule has 3 nitrogen and oxygen atoms in total. The Hall–Kier alpha value is -2.67. The van der Waals surface area contributed by atoms with Crippen molar-refractivity contribution in [2.45, 2.75) is 12.7 Å². The predicted molar refractivity (Wildman–Crippen MR) is 150 cm³/mol. The Morgan fingerprint density at radius 3 is 2.35 bits per heavy atom. The predicted octanol–water partition coefficient (Wildman–Crippen LogP) is 8.67. The normalized spacial score (nSPS) is 14.1. The molecule has 0 fully saturated rings. The first-order valence-corrected chi connectivity index (χ1v) is 13.5. The van der Waals surface area contributed by atoms with Gasteiger partial charge in [-0.2, -0.15) is 5.10 Å². The summed E-state index contributed by atoms with van der Waals surface area (Å²) < 4.78 is 4.13. The second-order valence-corrected chi connectivity index (χ2v) is 10.9. The summed E-state index contributed by atoms with van der Waals surface area (Å²) >= 11 is 9.35. The number of hydrogen-bond acceptors (Lipinski definition) is 3. The Morgan fingerprint density at radius 2 is 1.59 bits per heavy atom. The van der Waals surface area contributed by atoms with Gasteiger partial charge >= 0.3 is 0 Å². The Kier molecular flexibility index (Phi) is 5.68. The molecule has 0 radical (unpaired) electrons. The summed E-state index contributed by atoms with van der Waals surface area (Å²) in [6.45, 7) is 2.08. The lowest BCUT2D eigenvalue weighted by molar-refractivity contribution is 0.877. The minimum atomic E-state index is 0.876. The third kappa shape index (κ3) is 3.65. The van der Waals surface area contributed by atoms with Crippen molar-refractivity contribution in [1.29, 1.82) is 0 Å². The van der Waals surface area contributed by atoms with Gasteiger partial charge in [-0.05, 0) is 54.0 Å². The number of aromatic nitrogens is 3. The maximum atomic E-state index is 5.26. The van der Waals surface area contributed by atoms with E-state index in [1.54, 1.807) is 0 Å². The number of halogens is 2. The first-order chi connectivity index (χ1) is 16.6. The Labute approximate surface area is 219 Å². The first kappa shape index (κ1) is 21.8. The maximum absolute atomic E-state index is 5.26. The summed E-state index contributed by atoms with van der Waals surface area (Å²) in [6.07, 6.45) is 2.24. The number of nitrogens with zero attached hydrogens (tertiary/aromatic N) is 3. The molecule has 166 valence electrons. The Bertz CT molecular complexity index is 1590. The molecule has 6 rings (SSSR count). The topological polar surface area (TPSA) is 30.7 Å². The monoisotopic (exact) mass is 587 g/mol. The third-order valence-electron chi connectivity index (χ3n) is 6.03. The quantitative estimate of drug-likeness (QED) is 0.211. The molecular weight excluding hydrogens is 570 g/mol. The molecule has 6 heteroatoms. The van der Waals surface area contributed by atoms with Crippen LogP contribution in [0.5, 0.6) is 0 Å². The number of rotatable bonds is 3. The summed E-state index contributed by atoms with van der Waals surface area (Å²) in [6, 6.07) is 27.0. The van der Waals surface area contributed by atoms with Crippen molar-refractivity contribution in [2.24, 2.45) is 0 Å². The summed E-state index contributed by atoms with van der Waals surface area (Å²) in [5, 5.41) is 6.05. The fourth-order valence-electron chi connectivity index (χ4n) is 4.47. The number of para-hydroxylation sites is 1. The van der Waals surface area contributed by atoms with Crippen LogP contribution in [0.15, 0.2) is 87.8 Å².